The average molecular weight is 311 g/mol. The number of nitrogens with zero attached hydrogens (tertiary/aromatic N) is 1. The molecule has 2 N–H and O–H groups in total. The molecule has 2 unspecified atom stereocenters. The second-order valence-electron chi connectivity index (χ2n) is 5.46. The maximum Gasteiger partial charge on any atom is 0.322 e. The van der Waals surface area contributed by atoms with Crippen LogP contribution in [0.15, 0.2) is 18.2 Å². The molecule has 21 heavy (non-hydrogen) atoms. The summed E-state index contributed by atoms with van der Waals surface area (Å²) in [5, 5.41) is 12.4. The van der Waals surface area contributed by atoms with Gasteiger partial charge in [0.1, 0.15) is 0 Å². The Balaban J connectivity index is 2.06. The van der Waals surface area contributed by atoms with E-state index in [4.69, 9.17) is 16.7 Å². The van der Waals surface area contributed by atoms with Crippen LogP contribution in [-0.4, -0.2) is 34.6 Å². The number of carboxylic acid groups (broad SMARTS) is 1. The summed E-state index contributed by atoms with van der Waals surface area (Å²) in [5.74, 6) is -1.16. The number of piperidine rings is 1. The van der Waals surface area contributed by atoms with Gasteiger partial charge in [-0.05, 0) is 38.3 Å². The number of benzene rings is 1. The predicted molar refractivity (Wildman–Crippen MR) is 81.7 cm³/mol. The number of rotatable bonds is 2. The van der Waals surface area contributed by atoms with Crippen LogP contribution < -0.4 is 5.32 Å². The van der Waals surface area contributed by atoms with E-state index in [1.807, 2.05) is 26.0 Å². The number of aryl methyl sites for hydroxylation is 1. The van der Waals surface area contributed by atoms with Crippen LogP contribution in [0.5, 0.6) is 0 Å². The second kappa shape index (κ2) is 6.35. The van der Waals surface area contributed by atoms with Gasteiger partial charge in [-0.25, -0.2) is 4.79 Å². The van der Waals surface area contributed by atoms with E-state index in [1.165, 1.54) is 0 Å². The molecule has 0 aliphatic carbocycles. The normalized spacial score (nSPS) is 22.0. The molecular formula is C15H19ClN2O3. The number of para-hydroxylation sites is 1. The first kappa shape index (κ1) is 15.6. The van der Waals surface area contributed by atoms with Gasteiger partial charge in [-0.2, -0.15) is 0 Å². The lowest BCUT2D eigenvalue weighted by Crippen LogP contribution is -2.47. The minimum atomic E-state index is -0.788. The van der Waals surface area contributed by atoms with Crippen LogP contribution in [0.1, 0.15) is 25.3 Å². The van der Waals surface area contributed by atoms with E-state index < -0.39 is 5.97 Å². The number of hydrogen-bond donors (Lipinski definition) is 2. The number of carbonyl (C=O) groups is 2. The van der Waals surface area contributed by atoms with Crippen molar-refractivity contribution in [3.8, 4) is 0 Å². The summed E-state index contributed by atoms with van der Waals surface area (Å²) in [4.78, 5) is 25.1. The minimum absolute atomic E-state index is 0.109. The van der Waals surface area contributed by atoms with Gasteiger partial charge in [-0.15, -0.1) is 0 Å². The summed E-state index contributed by atoms with van der Waals surface area (Å²) in [6.07, 6.45) is 0.957. The molecule has 6 heteroatoms. The lowest BCUT2D eigenvalue weighted by Gasteiger charge is -2.36. The van der Waals surface area contributed by atoms with Crippen molar-refractivity contribution < 1.29 is 14.7 Å². The molecule has 1 aliphatic rings. The number of hydrogen-bond acceptors (Lipinski definition) is 2. The molecular weight excluding hydrogens is 292 g/mol. The first-order valence-corrected chi connectivity index (χ1v) is 7.33. The van der Waals surface area contributed by atoms with Crippen molar-refractivity contribution in [1.29, 1.82) is 0 Å². The zero-order chi connectivity index (χ0) is 15.6. The molecule has 5 nitrogen and oxygen atoms in total. The van der Waals surface area contributed by atoms with E-state index in [0.717, 1.165) is 5.56 Å². The maximum atomic E-state index is 12.4. The molecule has 0 aromatic heterocycles. The molecule has 0 bridgehead atoms. The predicted octanol–water partition coefficient (Wildman–Crippen LogP) is 3.37. The number of carboxylic acids is 1. The number of likely N-dealkylation sites (tertiary alicyclic amines) is 1. The van der Waals surface area contributed by atoms with Crippen molar-refractivity contribution in [2.45, 2.75) is 32.7 Å². The van der Waals surface area contributed by atoms with Crippen molar-refractivity contribution in [1.82, 2.24) is 4.90 Å². The topological polar surface area (TPSA) is 69.6 Å². The van der Waals surface area contributed by atoms with Crippen LogP contribution in [-0.2, 0) is 4.79 Å². The first-order valence-electron chi connectivity index (χ1n) is 6.95. The number of amides is 2. The van der Waals surface area contributed by atoms with E-state index in [-0.39, 0.29) is 18.0 Å². The summed E-state index contributed by atoms with van der Waals surface area (Å²) in [7, 11) is 0. The van der Waals surface area contributed by atoms with Crippen molar-refractivity contribution >= 4 is 29.3 Å². The molecule has 1 aliphatic heterocycles. The Morgan fingerprint density at radius 1 is 1.43 bits per heavy atom. The highest BCUT2D eigenvalue weighted by atomic mass is 35.5. The van der Waals surface area contributed by atoms with Crippen LogP contribution in [0.3, 0.4) is 0 Å². The molecule has 0 spiro atoms. The zero-order valence-electron chi connectivity index (χ0n) is 12.1. The Labute approximate surface area is 128 Å². The molecule has 1 aromatic carbocycles. The lowest BCUT2D eigenvalue weighted by molar-refractivity contribution is -0.143. The molecule has 2 atom stereocenters. The molecule has 0 saturated carbocycles. The molecule has 114 valence electrons. The Bertz CT molecular complexity index is 542. The molecule has 2 rings (SSSR count). The largest absolute Gasteiger partial charge is 0.481 e. The maximum absolute atomic E-state index is 12.4. The van der Waals surface area contributed by atoms with Gasteiger partial charge in [-0.1, -0.05) is 23.7 Å². The molecule has 1 fully saturated rings. The van der Waals surface area contributed by atoms with Gasteiger partial charge in [0, 0.05) is 12.6 Å². The van der Waals surface area contributed by atoms with Gasteiger partial charge >= 0.3 is 12.0 Å². The molecule has 1 aromatic rings. The van der Waals surface area contributed by atoms with Gasteiger partial charge in [-0.3, -0.25) is 4.79 Å². The lowest BCUT2D eigenvalue weighted by atomic mass is 9.92. The van der Waals surface area contributed by atoms with Gasteiger partial charge in [0.25, 0.3) is 0 Å². The first-order chi connectivity index (χ1) is 9.90. The minimum Gasteiger partial charge on any atom is -0.481 e. The molecule has 1 saturated heterocycles. The SMILES string of the molecule is Cc1cccc(Cl)c1NC(=O)N1CCC(C(=O)O)CC1C. The summed E-state index contributed by atoms with van der Waals surface area (Å²) >= 11 is 6.10. The summed E-state index contributed by atoms with van der Waals surface area (Å²) in [6, 6.07) is 5.09. The second-order valence-corrected chi connectivity index (χ2v) is 5.87. The fourth-order valence-corrected chi connectivity index (χ4v) is 2.94. The van der Waals surface area contributed by atoms with Gasteiger partial charge in [0.15, 0.2) is 0 Å². The highest BCUT2D eigenvalue weighted by molar-refractivity contribution is 6.33. The van der Waals surface area contributed by atoms with Crippen molar-refractivity contribution in [3.63, 3.8) is 0 Å². The van der Waals surface area contributed by atoms with Crippen LogP contribution in [0.4, 0.5) is 10.5 Å². The number of urea groups is 1. The summed E-state index contributed by atoms with van der Waals surface area (Å²) in [6.45, 7) is 4.18. The van der Waals surface area contributed by atoms with E-state index in [9.17, 15) is 9.59 Å². The van der Waals surface area contributed by atoms with Gasteiger partial charge < -0.3 is 15.3 Å². The highest BCUT2D eigenvalue weighted by Gasteiger charge is 2.32. The van der Waals surface area contributed by atoms with Gasteiger partial charge in [0.2, 0.25) is 0 Å². The third-order valence-electron chi connectivity index (χ3n) is 3.94. The Kier molecular flexibility index (Phi) is 4.73. The standard InChI is InChI=1S/C15H19ClN2O3/c1-9-4-3-5-12(16)13(9)17-15(21)18-7-6-11(14(19)20)8-10(18)2/h3-5,10-11H,6-8H2,1-2H3,(H,17,21)(H,19,20). The van der Waals surface area contributed by atoms with Crippen LogP contribution in [0.2, 0.25) is 5.02 Å². The van der Waals surface area contributed by atoms with Crippen molar-refractivity contribution in [2.75, 3.05) is 11.9 Å². The average Bonchev–Trinajstić information content (AvgIpc) is 2.42. The fourth-order valence-electron chi connectivity index (χ4n) is 2.67. The summed E-state index contributed by atoms with van der Waals surface area (Å²) in [5.41, 5.74) is 1.50. The van der Waals surface area contributed by atoms with Crippen molar-refractivity contribution in [2.24, 2.45) is 5.92 Å². The third-order valence-corrected chi connectivity index (χ3v) is 4.26. The number of carbonyl (C=O) groups excluding carboxylic acids is 1. The van der Waals surface area contributed by atoms with Gasteiger partial charge in [0.05, 0.1) is 16.6 Å². The summed E-state index contributed by atoms with van der Waals surface area (Å²) < 4.78 is 0. The quantitative estimate of drug-likeness (QED) is 0.880. The fraction of sp³-hybridized carbons (Fsp3) is 0.467. The Morgan fingerprint density at radius 3 is 2.71 bits per heavy atom. The van der Waals surface area contributed by atoms with E-state index in [0.29, 0.717) is 30.1 Å². The smallest absolute Gasteiger partial charge is 0.322 e. The van der Waals surface area contributed by atoms with Crippen molar-refractivity contribution in [3.05, 3.63) is 28.8 Å². The monoisotopic (exact) mass is 310 g/mol. The van der Waals surface area contributed by atoms with E-state index in [1.54, 1.807) is 11.0 Å². The van der Waals surface area contributed by atoms with E-state index >= 15 is 0 Å². The number of halogens is 1. The third kappa shape index (κ3) is 3.47. The number of anilines is 1. The van der Waals surface area contributed by atoms with Crippen LogP contribution in [0.25, 0.3) is 0 Å². The van der Waals surface area contributed by atoms with E-state index in [2.05, 4.69) is 5.32 Å². The van der Waals surface area contributed by atoms with Crippen LogP contribution >= 0.6 is 11.6 Å². The number of nitrogens with one attached hydrogen (secondary N) is 1. The van der Waals surface area contributed by atoms with Crippen LogP contribution in [0, 0.1) is 12.8 Å². The Hall–Kier alpha value is -1.75. The molecule has 2 amide bonds. The molecule has 0 radical (unpaired) electrons. The number of aliphatic carboxylic acids is 1. The molecule has 1 heterocycles. The highest BCUT2D eigenvalue weighted by Crippen LogP contribution is 2.28. The Morgan fingerprint density at radius 2 is 2.14 bits per heavy atom. The zero-order valence-corrected chi connectivity index (χ0v) is 12.9.